The maximum absolute atomic E-state index is 12.7. The third-order valence-corrected chi connectivity index (χ3v) is 2.31. The van der Waals surface area contributed by atoms with Crippen molar-refractivity contribution >= 4 is 12.2 Å². The summed E-state index contributed by atoms with van der Waals surface area (Å²) in [6.45, 7) is 0. The molecule has 0 aliphatic carbocycles. The van der Waals surface area contributed by atoms with Crippen molar-refractivity contribution in [1.29, 1.82) is 0 Å². The normalized spacial score (nSPS) is 11.8. The van der Waals surface area contributed by atoms with E-state index in [1.807, 2.05) is 0 Å². The van der Waals surface area contributed by atoms with Gasteiger partial charge in [-0.05, 0) is 6.07 Å². The minimum atomic E-state index is -4.46. The van der Waals surface area contributed by atoms with Crippen molar-refractivity contribution in [2.24, 2.45) is 5.10 Å². The molecule has 5 nitrogen and oxygen atoms in total. The molecule has 0 atom stereocenters. The number of H-pyrrole nitrogens is 1. The van der Waals surface area contributed by atoms with E-state index in [2.05, 4.69) is 20.5 Å². The molecular formula is C12H9F3N4O. The van der Waals surface area contributed by atoms with E-state index in [-0.39, 0.29) is 11.5 Å². The van der Waals surface area contributed by atoms with Gasteiger partial charge in [-0.25, -0.2) is 10.4 Å². The molecule has 0 spiro atoms. The zero-order valence-corrected chi connectivity index (χ0v) is 9.98. The van der Waals surface area contributed by atoms with Gasteiger partial charge in [0, 0.05) is 17.8 Å². The lowest BCUT2D eigenvalue weighted by molar-refractivity contribution is -0.137. The van der Waals surface area contributed by atoms with Gasteiger partial charge in [-0.2, -0.15) is 18.3 Å². The number of nitrogens with zero attached hydrogens (tertiary/aromatic N) is 2. The molecule has 104 valence electrons. The SMILES string of the molecule is O=c1ccnc(N/N=C/c2ccccc2C(F)(F)F)[nH]1. The van der Waals surface area contributed by atoms with Gasteiger partial charge in [-0.15, -0.1) is 0 Å². The molecule has 0 amide bonds. The molecule has 2 rings (SSSR count). The Morgan fingerprint density at radius 1 is 1.25 bits per heavy atom. The molecule has 0 unspecified atom stereocenters. The second kappa shape index (κ2) is 5.55. The van der Waals surface area contributed by atoms with Gasteiger partial charge in [0.1, 0.15) is 0 Å². The van der Waals surface area contributed by atoms with Crippen LogP contribution in [0.3, 0.4) is 0 Å². The highest BCUT2D eigenvalue weighted by Gasteiger charge is 2.32. The van der Waals surface area contributed by atoms with E-state index >= 15 is 0 Å². The Labute approximate surface area is 111 Å². The Kier molecular flexibility index (Phi) is 3.83. The largest absolute Gasteiger partial charge is 0.417 e. The summed E-state index contributed by atoms with van der Waals surface area (Å²) in [6, 6.07) is 6.22. The van der Waals surface area contributed by atoms with Crippen molar-refractivity contribution in [1.82, 2.24) is 9.97 Å². The van der Waals surface area contributed by atoms with Crippen LogP contribution in [0, 0.1) is 0 Å². The van der Waals surface area contributed by atoms with Crippen LogP contribution in [0.15, 0.2) is 46.4 Å². The molecule has 0 fully saturated rings. The lowest BCUT2D eigenvalue weighted by Crippen LogP contribution is -2.10. The van der Waals surface area contributed by atoms with Gasteiger partial charge in [0.05, 0.1) is 11.8 Å². The number of halogens is 3. The number of alkyl halides is 3. The summed E-state index contributed by atoms with van der Waals surface area (Å²) in [5.74, 6) is 0.0400. The number of nitrogens with one attached hydrogen (secondary N) is 2. The first-order valence-electron chi connectivity index (χ1n) is 5.47. The van der Waals surface area contributed by atoms with Crippen LogP contribution in [0.2, 0.25) is 0 Å². The summed E-state index contributed by atoms with van der Waals surface area (Å²) in [5, 5.41) is 3.62. The van der Waals surface area contributed by atoms with Crippen LogP contribution in [0.25, 0.3) is 0 Å². The number of rotatable bonds is 3. The van der Waals surface area contributed by atoms with Gasteiger partial charge in [0.15, 0.2) is 0 Å². The van der Waals surface area contributed by atoms with Gasteiger partial charge in [-0.1, -0.05) is 18.2 Å². The summed E-state index contributed by atoms with van der Waals surface area (Å²) in [4.78, 5) is 17.0. The highest BCUT2D eigenvalue weighted by molar-refractivity contribution is 5.82. The number of hydrogen-bond acceptors (Lipinski definition) is 4. The fourth-order valence-corrected chi connectivity index (χ4v) is 1.46. The monoisotopic (exact) mass is 282 g/mol. The van der Waals surface area contributed by atoms with E-state index in [9.17, 15) is 18.0 Å². The fourth-order valence-electron chi connectivity index (χ4n) is 1.46. The van der Waals surface area contributed by atoms with Crippen LogP contribution in [-0.4, -0.2) is 16.2 Å². The van der Waals surface area contributed by atoms with E-state index in [0.717, 1.165) is 12.3 Å². The average molecular weight is 282 g/mol. The van der Waals surface area contributed by atoms with E-state index in [1.54, 1.807) is 0 Å². The first-order chi connectivity index (χ1) is 9.47. The Morgan fingerprint density at radius 2 is 2.00 bits per heavy atom. The van der Waals surface area contributed by atoms with Gasteiger partial charge < -0.3 is 0 Å². The molecule has 0 saturated heterocycles. The van der Waals surface area contributed by atoms with E-state index < -0.39 is 17.3 Å². The Balaban J connectivity index is 2.18. The van der Waals surface area contributed by atoms with Crippen molar-refractivity contribution in [2.75, 3.05) is 5.43 Å². The van der Waals surface area contributed by atoms with Gasteiger partial charge in [0.25, 0.3) is 5.56 Å². The summed E-state index contributed by atoms with van der Waals surface area (Å²) < 4.78 is 38.1. The third kappa shape index (κ3) is 3.44. The molecular weight excluding hydrogens is 273 g/mol. The Bertz CT molecular complexity index is 679. The van der Waals surface area contributed by atoms with E-state index in [1.165, 1.54) is 30.5 Å². The summed E-state index contributed by atoms with van der Waals surface area (Å²) in [6.07, 6.45) is -2.20. The molecule has 0 bridgehead atoms. The Morgan fingerprint density at radius 3 is 2.70 bits per heavy atom. The quantitative estimate of drug-likeness (QED) is 0.670. The number of aromatic amines is 1. The standard InChI is InChI=1S/C12H9F3N4O/c13-12(14,15)9-4-2-1-3-8(9)7-17-19-11-16-6-5-10(20)18-11/h1-7H,(H2,16,18,19,20)/b17-7+. The van der Waals surface area contributed by atoms with E-state index in [0.29, 0.717) is 0 Å². The number of anilines is 1. The first kappa shape index (κ1) is 13.8. The molecule has 0 saturated carbocycles. The zero-order chi connectivity index (χ0) is 14.6. The second-order valence-electron chi connectivity index (χ2n) is 3.74. The molecule has 20 heavy (non-hydrogen) atoms. The maximum Gasteiger partial charge on any atom is 0.417 e. The molecule has 1 aromatic carbocycles. The van der Waals surface area contributed by atoms with Crippen molar-refractivity contribution in [3.05, 3.63) is 58.0 Å². The number of aromatic nitrogens is 2. The van der Waals surface area contributed by atoms with Gasteiger partial charge >= 0.3 is 6.18 Å². The molecule has 2 aromatic rings. The number of hydrogen-bond donors (Lipinski definition) is 2. The van der Waals surface area contributed by atoms with Crippen LogP contribution < -0.4 is 11.0 Å². The van der Waals surface area contributed by atoms with Crippen LogP contribution in [-0.2, 0) is 6.18 Å². The molecule has 1 aromatic heterocycles. The van der Waals surface area contributed by atoms with Crippen molar-refractivity contribution < 1.29 is 13.2 Å². The number of benzene rings is 1. The maximum atomic E-state index is 12.7. The van der Waals surface area contributed by atoms with Crippen LogP contribution in [0.4, 0.5) is 19.1 Å². The predicted molar refractivity (Wildman–Crippen MR) is 67.5 cm³/mol. The molecule has 0 aliphatic rings. The number of hydrazone groups is 1. The van der Waals surface area contributed by atoms with Crippen molar-refractivity contribution in [3.63, 3.8) is 0 Å². The smallest absolute Gasteiger partial charge is 0.291 e. The average Bonchev–Trinajstić information content (AvgIpc) is 2.38. The highest BCUT2D eigenvalue weighted by atomic mass is 19.4. The van der Waals surface area contributed by atoms with Crippen LogP contribution in [0.1, 0.15) is 11.1 Å². The van der Waals surface area contributed by atoms with Crippen LogP contribution >= 0.6 is 0 Å². The lowest BCUT2D eigenvalue weighted by atomic mass is 10.1. The van der Waals surface area contributed by atoms with Gasteiger partial charge in [0.2, 0.25) is 5.95 Å². The van der Waals surface area contributed by atoms with Crippen molar-refractivity contribution in [3.8, 4) is 0 Å². The fraction of sp³-hybridized carbons (Fsp3) is 0.0833. The predicted octanol–water partition coefficient (Wildman–Crippen LogP) is 2.23. The minimum absolute atomic E-state index is 0.0400. The molecule has 1 heterocycles. The van der Waals surface area contributed by atoms with Crippen LogP contribution in [0.5, 0.6) is 0 Å². The second-order valence-corrected chi connectivity index (χ2v) is 3.74. The highest BCUT2D eigenvalue weighted by Crippen LogP contribution is 2.30. The molecule has 8 heteroatoms. The van der Waals surface area contributed by atoms with Crippen molar-refractivity contribution in [2.45, 2.75) is 6.18 Å². The lowest BCUT2D eigenvalue weighted by Gasteiger charge is -2.09. The molecule has 0 aliphatic heterocycles. The first-order valence-corrected chi connectivity index (χ1v) is 5.47. The van der Waals surface area contributed by atoms with E-state index in [4.69, 9.17) is 0 Å². The van der Waals surface area contributed by atoms with Gasteiger partial charge in [-0.3, -0.25) is 9.78 Å². The third-order valence-electron chi connectivity index (χ3n) is 2.31. The zero-order valence-electron chi connectivity index (χ0n) is 9.98. The summed E-state index contributed by atoms with van der Waals surface area (Å²) in [7, 11) is 0. The summed E-state index contributed by atoms with van der Waals surface area (Å²) >= 11 is 0. The summed E-state index contributed by atoms with van der Waals surface area (Å²) in [5.41, 5.74) is 1.07. The Hall–Kier alpha value is -2.64. The minimum Gasteiger partial charge on any atom is -0.291 e. The molecule has 2 N–H and O–H groups in total. The topological polar surface area (TPSA) is 70.1 Å². The molecule has 0 radical (unpaired) electrons.